The number of hydrogen-bond donors (Lipinski definition) is 1. The van der Waals surface area contributed by atoms with Gasteiger partial charge in [0.1, 0.15) is 11.4 Å². The van der Waals surface area contributed by atoms with Gasteiger partial charge in [-0.1, -0.05) is 25.0 Å². The topological polar surface area (TPSA) is 79.2 Å². The largest absolute Gasteiger partial charge is 0.455 e. The zero-order valence-corrected chi connectivity index (χ0v) is 14.9. The predicted molar refractivity (Wildman–Crippen MR) is 92.4 cm³/mol. The van der Waals surface area contributed by atoms with Crippen molar-refractivity contribution in [1.82, 2.24) is 5.32 Å². The Morgan fingerprint density at radius 3 is 2.46 bits per heavy atom. The van der Waals surface area contributed by atoms with Crippen LogP contribution in [0.2, 0.25) is 0 Å². The smallest absolute Gasteiger partial charge is 0.317 e. The van der Waals surface area contributed by atoms with Crippen molar-refractivity contribution in [1.29, 1.82) is 5.26 Å². The number of benzene rings is 1. The standard InChI is InChI=1S/C20H23FN2O3/c1-19(13-22,14-4-5-14)23-17(24)12-26-18(25)20(10-2-3-11-20)15-6-8-16(21)9-7-15/h6-9,14H,2-5,10-12H2,1H3,(H,23,24)/t19-/m1/s1. The molecule has 0 saturated heterocycles. The Balaban J connectivity index is 1.65. The van der Waals surface area contributed by atoms with E-state index in [1.807, 2.05) is 0 Å². The number of ether oxygens (including phenoxy) is 1. The van der Waals surface area contributed by atoms with Gasteiger partial charge >= 0.3 is 5.97 Å². The molecule has 1 N–H and O–H groups in total. The molecule has 2 aliphatic rings. The van der Waals surface area contributed by atoms with Crippen molar-refractivity contribution >= 4 is 11.9 Å². The lowest BCUT2D eigenvalue weighted by molar-refractivity contribution is -0.154. The maximum Gasteiger partial charge on any atom is 0.317 e. The van der Waals surface area contributed by atoms with Crippen LogP contribution in [0.3, 0.4) is 0 Å². The van der Waals surface area contributed by atoms with Gasteiger partial charge in [-0.15, -0.1) is 0 Å². The Morgan fingerprint density at radius 1 is 1.31 bits per heavy atom. The summed E-state index contributed by atoms with van der Waals surface area (Å²) in [5, 5.41) is 12.0. The summed E-state index contributed by atoms with van der Waals surface area (Å²) in [5.74, 6) is -1.12. The molecule has 0 radical (unpaired) electrons. The van der Waals surface area contributed by atoms with Gasteiger partial charge < -0.3 is 10.1 Å². The number of amides is 1. The maximum atomic E-state index is 13.2. The van der Waals surface area contributed by atoms with E-state index in [0.29, 0.717) is 12.8 Å². The number of nitrogens with one attached hydrogen (secondary N) is 1. The second-order valence-corrected chi connectivity index (χ2v) is 7.51. The summed E-state index contributed by atoms with van der Waals surface area (Å²) in [6.45, 7) is 1.28. The lowest BCUT2D eigenvalue weighted by Gasteiger charge is -2.28. The van der Waals surface area contributed by atoms with E-state index >= 15 is 0 Å². The average molecular weight is 358 g/mol. The summed E-state index contributed by atoms with van der Waals surface area (Å²) in [6.07, 6.45) is 4.84. The Kier molecular flexibility index (Phi) is 4.99. The van der Waals surface area contributed by atoms with Crippen LogP contribution in [0.25, 0.3) is 0 Å². The molecule has 0 aliphatic heterocycles. The molecule has 26 heavy (non-hydrogen) atoms. The number of rotatable bonds is 6. The first kappa shape index (κ1) is 18.4. The monoisotopic (exact) mass is 358 g/mol. The highest BCUT2D eigenvalue weighted by Crippen LogP contribution is 2.42. The Morgan fingerprint density at radius 2 is 1.92 bits per heavy atom. The molecule has 3 rings (SSSR count). The van der Waals surface area contributed by atoms with Gasteiger partial charge in [0.25, 0.3) is 5.91 Å². The van der Waals surface area contributed by atoms with Crippen molar-refractivity contribution in [2.24, 2.45) is 5.92 Å². The molecule has 138 valence electrons. The predicted octanol–water partition coefficient (Wildman–Crippen LogP) is 2.99. The fraction of sp³-hybridized carbons (Fsp3) is 0.550. The van der Waals surface area contributed by atoms with E-state index in [1.165, 1.54) is 12.1 Å². The summed E-state index contributed by atoms with van der Waals surface area (Å²) in [7, 11) is 0. The number of esters is 1. The molecule has 2 aliphatic carbocycles. The second kappa shape index (κ2) is 7.06. The van der Waals surface area contributed by atoms with E-state index in [2.05, 4.69) is 11.4 Å². The van der Waals surface area contributed by atoms with Crippen LogP contribution in [-0.2, 0) is 19.7 Å². The molecule has 1 aromatic carbocycles. The van der Waals surface area contributed by atoms with Gasteiger partial charge in [-0.2, -0.15) is 5.26 Å². The Bertz CT molecular complexity index is 730. The van der Waals surface area contributed by atoms with Gasteiger partial charge in [0.05, 0.1) is 11.5 Å². The second-order valence-electron chi connectivity index (χ2n) is 7.51. The molecule has 0 bridgehead atoms. The zero-order chi connectivity index (χ0) is 18.8. The molecule has 2 fully saturated rings. The summed E-state index contributed by atoms with van der Waals surface area (Å²) in [6, 6.07) is 8.04. The van der Waals surface area contributed by atoms with Gasteiger partial charge in [0.15, 0.2) is 6.61 Å². The van der Waals surface area contributed by atoms with Crippen LogP contribution >= 0.6 is 0 Å². The Hall–Kier alpha value is -2.42. The average Bonchev–Trinajstić information content (AvgIpc) is 3.38. The Labute approximate surface area is 152 Å². The molecule has 6 heteroatoms. The van der Waals surface area contributed by atoms with Crippen molar-refractivity contribution in [3.05, 3.63) is 35.6 Å². The lowest BCUT2D eigenvalue weighted by atomic mass is 9.79. The van der Waals surface area contributed by atoms with Crippen LogP contribution in [0.15, 0.2) is 24.3 Å². The molecule has 0 spiro atoms. The van der Waals surface area contributed by atoms with Crippen molar-refractivity contribution < 1.29 is 18.7 Å². The van der Waals surface area contributed by atoms with Gasteiger partial charge in [0, 0.05) is 0 Å². The van der Waals surface area contributed by atoms with Crippen molar-refractivity contribution in [3.8, 4) is 6.07 Å². The van der Waals surface area contributed by atoms with E-state index in [1.54, 1.807) is 19.1 Å². The van der Waals surface area contributed by atoms with Crippen molar-refractivity contribution in [2.45, 2.75) is 56.4 Å². The highest BCUT2D eigenvalue weighted by molar-refractivity contribution is 5.87. The van der Waals surface area contributed by atoms with Gasteiger partial charge in [-0.05, 0) is 56.2 Å². The lowest BCUT2D eigenvalue weighted by Crippen LogP contribution is -2.48. The van der Waals surface area contributed by atoms with Crippen LogP contribution in [0.1, 0.15) is 51.0 Å². The van der Waals surface area contributed by atoms with Gasteiger partial charge in [-0.25, -0.2) is 4.39 Å². The molecular weight excluding hydrogens is 335 g/mol. The molecule has 0 aromatic heterocycles. The SMILES string of the molecule is C[C@](C#N)(NC(=O)COC(=O)C1(c2ccc(F)cc2)CCCC1)C1CC1. The minimum Gasteiger partial charge on any atom is -0.455 e. The molecular formula is C20H23FN2O3. The highest BCUT2D eigenvalue weighted by atomic mass is 19.1. The van der Waals surface area contributed by atoms with E-state index in [-0.39, 0.29) is 11.7 Å². The van der Waals surface area contributed by atoms with Gasteiger partial charge in [0.2, 0.25) is 0 Å². The summed E-state index contributed by atoms with van der Waals surface area (Å²) < 4.78 is 18.5. The van der Waals surface area contributed by atoms with Crippen LogP contribution < -0.4 is 5.32 Å². The molecule has 5 nitrogen and oxygen atoms in total. The number of nitrogens with zero attached hydrogens (tertiary/aromatic N) is 1. The van der Waals surface area contributed by atoms with E-state index < -0.39 is 29.4 Å². The third-order valence-corrected chi connectivity index (χ3v) is 5.60. The number of carbonyl (C=O) groups excluding carboxylic acids is 2. The molecule has 1 atom stereocenters. The van der Waals surface area contributed by atoms with E-state index in [0.717, 1.165) is 31.2 Å². The molecule has 0 unspecified atom stereocenters. The fourth-order valence-electron chi connectivity index (χ4n) is 3.84. The molecule has 1 aromatic rings. The third kappa shape index (κ3) is 3.57. The third-order valence-electron chi connectivity index (χ3n) is 5.60. The summed E-state index contributed by atoms with van der Waals surface area (Å²) in [4.78, 5) is 24.9. The van der Waals surface area contributed by atoms with Crippen molar-refractivity contribution in [3.63, 3.8) is 0 Å². The van der Waals surface area contributed by atoms with Crippen LogP contribution in [0, 0.1) is 23.1 Å². The highest BCUT2D eigenvalue weighted by Gasteiger charge is 2.45. The number of hydrogen-bond acceptors (Lipinski definition) is 4. The maximum absolute atomic E-state index is 13.2. The van der Waals surface area contributed by atoms with Crippen LogP contribution in [0.5, 0.6) is 0 Å². The van der Waals surface area contributed by atoms with Gasteiger partial charge in [-0.3, -0.25) is 9.59 Å². The summed E-state index contributed by atoms with van der Waals surface area (Å²) in [5.41, 5.74) is -1.00. The minimum atomic E-state index is -0.911. The number of halogens is 1. The van der Waals surface area contributed by atoms with E-state index in [9.17, 15) is 19.2 Å². The molecule has 0 heterocycles. The van der Waals surface area contributed by atoms with E-state index in [4.69, 9.17) is 4.74 Å². The minimum absolute atomic E-state index is 0.160. The zero-order valence-electron chi connectivity index (χ0n) is 14.9. The number of nitriles is 1. The molecule has 1 amide bonds. The quantitative estimate of drug-likeness (QED) is 0.793. The van der Waals surface area contributed by atoms with Crippen molar-refractivity contribution in [2.75, 3.05) is 6.61 Å². The van der Waals surface area contributed by atoms with Crippen LogP contribution in [-0.4, -0.2) is 24.0 Å². The normalized spacial score (nSPS) is 20.7. The fourth-order valence-corrected chi connectivity index (χ4v) is 3.84. The first-order valence-electron chi connectivity index (χ1n) is 9.05. The first-order valence-corrected chi connectivity index (χ1v) is 9.05. The van der Waals surface area contributed by atoms with Crippen LogP contribution in [0.4, 0.5) is 4.39 Å². The number of carbonyl (C=O) groups is 2. The first-order chi connectivity index (χ1) is 12.4. The molecule has 2 saturated carbocycles. The summed E-state index contributed by atoms with van der Waals surface area (Å²) >= 11 is 0.